The smallest absolute Gasteiger partial charge is 0.314 e. The first-order valence-electron chi connectivity index (χ1n) is 15.3. The Balaban J connectivity index is 1.35. The number of benzene rings is 1. The van der Waals surface area contributed by atoms with Gasteiger partial charge in [0.15, 0.2) is 0 Å². The Morgan fingerprint density at radius 3 is 2.32 bits per heavy atom. The number of aromatic nitrogens is 2. The highest BCUT2D eigenvalue weighted by atomic mass is 16.2. The summed E-state index contributed by atoms with van der Waals surface area (Å²) in [4.78, 5) is 49.4. The molecule has 1 unspecified atom stereocenters. The van der Waals surface area contributed by atoms with E-state index in [1.807, 2.05) is 16.1 Å². The maximum atomic E-state index is 13.9. The number of urea groups is 1. The second-order valence-corrected chi connectivity index (χ2v) is 13.1. The molecular weight excluding hydrogens is 516 g/mol. The van der Waals surface area contributed by atoms with E-state index in [4.69, 9.17) is 10.7 Å². The molecule has 1 aromatic carbocycles. The summed E-state index contributed by atoms with van der Waals surface area (Å²) in [6.07, 6.45) is 9.20. The summed E-state index contributed by atoms with van der Waals surface area (Å²) >= 11 is 0. The van der Waals surface area contributed by atoms with E-state index in [1.165, 1.54) is 36.8 Å². The van der Waals surface area contributed by atoms with Crippen molar-refractivity contribution in [2.24, 2.45) is 11.7 Å². The molecule has 9 heteroatoms. The normalized spacial score (nSPS) is 20.2. The number of hydrogen-bond acceptors (Lipinski definition) is 4. The van der Waals surface area contributed by atoms with Crippen LogP contribution < -0.4 is 5.73 Å². The lowest BCUT2D eigenvalue weighted by atomic mass is 9.87. The van der Waals surface area contributed by atoms with Crippen LogP contribution in [0.4, 0.5) is 4.79 Å². The number of nitrogens with zero attached hydrogens (tertiary/aromatic N) is 5. The van der Waals surface area contributed by atoms with E-state index in [0.717, 1.165) is 17.8 Å². The summed E-state index contributed by atoms with van der Waals surface area (Å²) in [5.74, 6) is 0.612. The zero-order valence-electron chi connectivity index (χ0n) is 25.0. The van der Waals surface area contributed by atoms with Gasteiger partial charge in [-0.15, -0.1) is 0 Å². The number of carbonyl (C=O) groups is 3. The van der Waals surface area contributed by atoms with Crippen molar-refractivity contribution in [1.82, 2.24) is 24.3 Å². The van der Waals surface area contributed by atoms with E-state index >= 15 is 0 Å². The van der Waals surface area contributed by atoms with Gasteiger partial charge in [-0.05, 0) is 35.3 Å². The SMILES string of the molecule is CC(C)(C)c1ccc(Cn2cnc3c2CN(C(=O)CCC2CCCC2)C(C(=O)N2CCCN(C(N)=O)CC2)C3)cc1. The van der Waals surface area contributed by atoms with Gasteiger partial charge in [-0.2, -0.15) is 0 Å². The van der Waals surface area contributed by atoms with Gasteiger partial charge in [-0.1, -0.05) is 70.7 Å². The average Bonchev–Trinajstić information content (AvgIpc) is 3.53. The first-order chi connectivity index (χ1) is 19.6. The van der Waals surface area contributed by atoms with Crippen LogP contribution in [-0.2, 0) is 34.5 Å². The molecule has 3 heterocycles. The molecule has 0 bridgehead atoms. The number of fused-ring (bicyclic) bond motifs is 1. The van der Waals surface area contributed by atoms with Crippen LogP contribution in [0.3, 0.4) is 0 Å². The van der Waals surface area contributed by atoms with Crippen LogP contribution in [-0.4, -0.2) is 74.3 Å². The summed E-state index contributed by atoms with van der Waals surface area (Å²) in [5, 5.41) is 0. The summed E-state index contributed by atoms with van der Waals surface area (Å²) in [7, 11) is 0. The third kappa shape index (κ3) is 6.76. The molecule has 2 N–H and O–H groups in total. The van der Waals surface area contributed by atoms with Gasteiger partial charge >= 0.3 is 6.03 Å². The van der Waals surface area contributed by atoms with Gasteiger partial charge in [0.2, 0.25) is 11.8 Å². The van der Waals surface area contributed by atoms with Crippen molar-refractivity contribution >= 4 is 17.8 Å². The first-order valence-corrected chi connectivity index (χ1v) is 15.3. The minimum atomic E-state index is -0.576. The Bertz CT molecular complexity index is 1240. The molecular formula is C32H46N6O3. The van der Waals surface area contributed by atoms with Crippen molar-refractivity contribution in [3.05, 3.63) is 53.1 Å². The van der Waals surface area contributed by atoms with Crippen molar-refractivity contribution in [3.8, 4) is 0 Å². The molecule has 2 fully saturated rings. The Kier molecular flexibility index (Phi) is 8.71. The van der Waals surface area contributed by atoms with Crippen LogP contribution in [0.5, 0.6) is 0 Å². The number of amides is 4. The van der Waals surface area contributed by atoms with E-state index in [9.17, 15) is 14.4 Å². The highest BCUT2D eigenvalue weighted by Gasteiger charge is 2.39. The Morgan fingerprint density at radius 2 is 1.63 bits per heavy atom. The zero-order valence-corrected chi connectivity index (χ0v) is 25.0. The zero-order chi connectivity index (χ0) is 29.1. The maximum Gasteiger partial charge on any atom is 0.314 e. The van der Waals surface area contributed by atoms with Crippen molar-refractivity contribution in [1.29, 1.82) is 0 Å². The maximum absolute atomic E-state index is 13.9. The molecule has 222 valence electrons. The Morgan fingerprint density at radius 1 is 0.951 bits per heavy atom. The van der Waals surface area contributed by atoms with Crippen molar-refractivity contribution in [2.45, 2.75) is 96.7 Å². The Hall–Kier alpha value is -3.36. The minimum absolute atomic E-state index is 0.0523. The van der Waals surface area contributed by atoms with Gasteiger partial charge in [-0.25, -0.2) is 9.78 Å². The van der Waals surface area contributed by atoms with Crippen molar-refractivity contribution in [2.75, 3.05) is 26.2 Å². The van der Waals surface area contributed by atoms with E-state index in [-0.39, 0.29) is 17.2 Å². The monoisotopic (exact) mass is 562 g/mol. The lowest BCUT2D eigenvalue weighted by Crippen LogP contribution is -2.54. The minimum Gasteiger partial charge on any atom is -0.351 e. The lowest BCUT2D eigenvalue weighted by molar-refractivity contribution is -0.147. The van der Waals surface area contributed by atoms with Crippen LogP contribution in [0, 0.1) is 5.92 Å². The van der Waals surface area contributed by atoms with Crippen LogP contribution in [0.2, 0.25) is 0 Å². The topological polar surface area (TPSA) is 105 Å². The van der Waals surface area contributed by atoms with Gasteiger partial charge in [0, 0.05) is 45.6 Å². The lowest BCUT2D eigenvalue weighted by Gasteiger charge is -2.37. The molecule has 0 spiro atoms. The molecule has 1 aromatic heterocycles. The van der Waals surface area contributed by atoms with Crippen molar-refractivity contribution in [3.63, 3.8) is 0 Å². The van der Waals surface area contributed by atoms with E-state index in [0.29, 0.717) is 64.4 Å². The van der Waals surface area contributed by atoms with Crippen LogP contribution >= 0.6 is 0 Å². The molecule has 1 saturated heterocycles. The second-order valence-electron chi connectivity index (χ2n) is 13.1. The molecule has 2 aliphatic heterocycles. The predicted octanol–water partition coefficient (Wildman–Crippen LogP) is 4.07. The number of imidazole rings is 1. The fraction of sp³-hybridized carbons (Fsp3) is 0.625. The standard InChI is InChI=1S/C32H46N6O3/c1-32(2,3)25-12-9-24(10-13-25)20-37-22-34-26-19-27(30(40)35-15-6-16-36(18-17-35)31(33)41)38(21-28(26)37)29(39)14-11-23-7-4-5-8-23/h9-10,12-13,22-23,27H,4-8,11,14-21H2,1-3H3,(H2,33,41). The molecule has 4 amide bonds. The van der Waals surface area contributed by atoms with Crippen LogP contribution in [0.25, 0.3) is 0 Å². The average molecular weight is 563 g/mol. The molecule has 1 atom stereocenters. The highest BCUT2D eigenvalue weighted by molar-refractivity contribution is 5.88. The fourth-order valence-corrected chi connectivity index (χ4v) is 6.63. The summed E-state index contributed by atoms with van der Waals surface area (Å²) in [5.41, 5.74) is 9.98. The number of rotatable bonds is 6. The van der Waals surface area contributed by atoms with E-state index < -0.39 is 12.1 Å². The number of primary amides is 1. The molecule has 2 aromatic rings. The van der Waals surface area contributed by atoms with Gasteiger partial charge in [-0.3, -0.25) is 9.59 Å². The van der Waals surface area contributed by atoms with Crippen LogP contribution in [0.15, 0.2) is 30.6 Å². The van der Waals surface area contributed by atoms with E-state index in [2.05, 4.69) is 49.6 Å². The summed E-state index contributed by atoms with van der Waals surface area (Å²) in [6.45, 7) is 9.62. The van der Waals surface area contributed by atoms with Gasteiger partial charge in [0.1, 0.15) is 6.04 Å². The molecule has 3 aliphatic rings. The van der Waals surface area contributed by atoms with Gasteiger partial charge in [0.25, 0.3) is 0 Å². The first kappa shape index (κ1) is 29.1. The third-order valence-corrected chi connectivity index (χ3v) is 9.25. The number of carbonyl (C=O) groups excluding carboxylic acids is 3. The fourth-order valence-electron chi connectivity index (χ4n) is 6.63. The molecule has 0 radical (unpaired) electrons. The molecule has 41 heavy (non-hydrogen) atoms. The van der Waals surface area contributed by atoms with Gasteiger partial charge < -0.3 is 25.0 Å². The molecule has 9 nitrogen and oxygen atoms in total. The largest absolute Gasteiger partial charge is 0.351 e. The van der Waals surface area contributed by atoms with E-state index in [1.54, 1.807) is 4.90 Å². The number of hydrogen-bond donors (Lipinski definition) is 1. The summed E-state index contributed by atoms with van der Waals surface area (Å²) < 4.78 is 2.13. The number of nitrogens with two attached hydrogens (primary N) is 1. The molecule has 1 aliphatic carbocycles. The van der Waals surface area contributed by atoms with Gasteiger partial charge in [0.05, 0.1) is 24.3 Å². The summed E-state index contributed by atoms with van der Waals surface area (Å²) in [6, 6.07) is 7.68. The van der Waals surface area contributed by atoms with Crippen LogP contribution in [0.1, 0.15) is 88.2 Å². The van der Waals surface area contributed by atoms with Crippen molar-refractivity contribution < 1.29 is 14.4 Å². The Labute approximate surface area is 244 Å². The second kappa shape index (κ2) is 12.2. The molecule has 5 rings (SSSR count). The molecule has 1 saturated carbocycles. The highest BCUT2D eigenvalue weighted by Crippen LogP contribution is 2.31. The quantitative estimate of drug-likeness (QED) is 0.573. The third-order valence-electron chi connectivity index (χ3n) is 9.25. The predicted molar refractivity (Wildman–Crippen MR) is 158 cm³/mol.